The van der Waals surface area contributed by atoms with Crippen molar-refractivity contribution in [3.8, 4) is 0 Å². The highest BCUT2D eigenvalue weighted by Crippen LogP contribution is 2.31. The first kappa shape index (κ1) is 14.5. The largest absolute Gasteiger partial charge is 0.312 e. The molecule has 0 saturated carbocycles. The number of anilines is 1. The Labute approximate surface area is 127 Å². The van der Waals surface area contributed by atoms with Gasteiger partial charge in [0.05, 0.1) is 5.75 Å². The number of Topliss-reactive ketones (excluding diaryl/α,β-unsaturated/α-hetero) is 1. The first-order chi connectivity index (χ1) is 9.83. The molecule has 2 aliphatic rings. The minimum atomic E-state index is -3.60. The summed E-state index contributed by atoms with van der Waals surface area (Å²) in [4.78, 5) is 25.2. The normalized spacial score (nSPS) is 22.0. The Kier molecular flexibility index (Phi) is 3.53. The molecule has 1 unspecified atom stereocenters. The maximum atomic E-state index is 12.1. The zero-order valence-electron chi connectivity index (χ0n) is 11.2. The van der Waals surface area contributed by atoms with E-state index >= 15 is 0 Å². The molecule has 1 heterocycles. The Bertz CT molecular complexity index is 728. The van der Waals surface area contributed by atoms with E-state index in [2.05, 4.69) is 0 Å². The van der Waals surface area contributed by atoms with Gasteiger partial charge in [-0.2, -0.15) is 0 Å². The van der Waals surface area contributed by atoms with Gasteiger partial charge >= 0.3 is 0 Å². The average molecular weight is 328 g/mol. The summed E-state index contributed by atoms with van der Waals surface area (Å²) in [6.45, 7) is 0.345. The van der Waals surface area contributed by atoms with Crippen LogP contribution in [0.4, 0.5) is 5.69 Å². The van der Waals surface area contributed by atoms with Crippen LogP contribution < -0.4 is 4.90 Å². The van der Waals surface area contributed by atoms with Crippen molar-refractivity contribution in [1.82, 2.24) is 0 Å². The fraction of sp³-hybridized carbons (Fsp3) is 0.429. The Balaban J connectivity index is 1.82. The second-order valence-electron chi connectivity index (χ2n) is 5.54. The second kappa shape index (κ2) is 5.10. The lowest BCUT2D eigenvalue weighted by molar-refractivity contribution is -0.117. The van der Waals surface area contributed by atoms with Crippen molar-refractivity contribution in [2.45, 2.75) is 19.3 Å². The zero-order valence-corrected chi connectivity index (χ0v) is 12.8. The smallest absolute Gasteiger partial charge is 0.232 e. The van der Waals surface area contributed by atoms with Crippen LogP contribution in [0, 0.1) is 5.92 Å². The highest BCUT2D eigenvalue weighted by atomic mass is 35.7. The van der Waals surface area contributed by atoms with E-state index in [0.717, 1.165) is 16.8 Å². The summed E-state index contributed by atoms with van der Waals surface area (Å²) in [5, 5.41) is 0. The molecule has 3 rings (SSSR count). The van der Waals surface area contributed by atoms with Gasteiger partial charge in [0, 0.05) is 47.2 Å². The van der Waals surface area contributed by atoms with Crippen molar-refractivity contribution in [1.29, 1.82) is 0 Å². The number of rotatable bonds is 3. The first-order valence-corrected chi connectivity index (χ1v) is 9.20. The van der Waals surface area contributed by atoms with Crippen LogP contribution >= 0.6 is 10.7 Å². The van der Waals surface area contributed by atoms with Crippen molar-refractivity contribution in [2.75, 3.05) is 17.2 Å². The molecule has 1 fully saturated rings. The molecule has 1 amide bonds. The molecule has 1 aliphatic heterocycles. The molecular formula is C14H14ClNO4S. The predicted molar refractivity (Wildman–Crippen MR) is 79.2 cm³/mol. The topological polar surface area (TPSA) is 71.5 Å². The van der Waals surface area contributed by atoms with Crippen molar-refractivity contribution < 1.29 is 18.0 Å². The summed E-state index contributed by atoms with van der Waals surface area (Å²) in [6.07, 6.45) is 1.39. The number of amides is 1. The highest BCUT2D eigenvalue weighted by Gasteiger charge is 2.33. The van der Waals surface area contributed by atoms with Gasteiger partial charge in [0.25, 0.3) is 0 Å². The number of hydrogen-bond acceptors (Lipinski definition) is 4. The van der Waals surface area contributed by atoms with Crippen LogP contribution in [0.15, 0.2) is 18.2 Å². The van der Waals surface area contributed by atoms with Gasteiger partial charge in [0.2, 0.25) is 15.0 Å². The van der Waals surface area contributed by atoms with Gasteiger partial charge in [-0.3, -0.25) is 9.59 Å². The van der Waals surface area contributed by atoms with Crippen molar-refractivity contribution >= 4 is 37.1 Å². The van der Waals surface area contributed by atoms with E-state index in [1.165, 1.54) is 0 Å². The van der Waals surface area contributed by atoms with Gasteiger partial charge in [-0.15, -0.1) is 0 Å². The number of ketones is 1. The zero-order chi connectivity index (χ0) is 15.2. The lowest BCUT2D eigenvalue weighted by atomic mass is 10.1. The molecule has 0 aromatic heterocycles. The molecule has 7 heteroatoms. The minimum Gasteiger partial charge on any atom is -0.312 e. The number of fused-ring (bicyclic) bond motifs is 1. The van der Waals surface area contributed by atoms with Gasteiger partial charge in [-0.05, 0) is 30.2 Å². The Morgan fingerprint density at radius 3 is 2.71 bits per heavy atom. The molecule has 0 spiro atoms. The van der Waals surface area contributed by atoms with Crippen LogP contribution in [-0.4, -0.2) is 32.4 Å². The second-order valence-corrected chi connectivity index (χ2v) is 8.37. The molecule has 1 aromatic rings. The number of aryl methyl sites for hydroxylation is 1. The number of nitrogens with zero attached hydrogens (tertiary/aromatic N) is 1. The fourth-order valence-corrected chi connectivity index (χ4v) is 4.35. The molecule has 112 valence electrons. The van der Waals surface area contributed by atoms with Crippen LogP contribution in [0.25, 0.3) is 0 Å². The van der Waals surface area contributed by atoms with E-state index in [1.807, 2.05) is 6.07 Å². The van der Waals surface area contributed by atoms with Gasteiger partial charge in [0.1, 0.15) is 0 Å². The number of halogens is 1. The van der Waals surface area contributed by atoms with Gasteiger partial charge in [-0.1, -0.05) is 0 Å². The molecule has 0 radical (unpaired) electrons. The number of hydrogen-bond donors (Lipinski definition) is 0. The maximum Gasteiger partial charge on any atom is 0.232 e. The summed E-state index contributed by atoms with van der Waals surface area (Å²) >= 11 is 0. The van der Waals surface area contributed by atoms with E-state index < -0.39 is 9.05 Å². The van der Waals surface area contributed by atoms with Gasteiger partial charge in [0.15, 0.2) is 5.78 Å². The SMILES string of the molecule is O=C1CCc2cc(N3CC(CS(=O)(=O)Cl)CC3=O)ccc21. The first-order valence-electron chi connectivity index (χ1n) is 6.72. The molecule has 1 atom stereocenters. The summed E-state index contributed by atoms with van der Waals surface area (Å²) in [7, 11) is 1.65. The van der Waals surface area contributed by atoms with Crippen LogP contribution in [0.2, 0.25) is 0 Å². The monoisotopic (exact) mass is 327 g/mol. The number of carbonyl (C=O) groups excluding carboxylic acids is 2. The summed E-state index contributed by atoms with van der Waals surface area (Å²) < 4.78 is 22.2. The highest BCUT2D eigenvalue weighted by molar-refractivity contribution is 8.13. The molecule has 0 N–H and O–H groups in total. The molecule has 21 heavy (non-hydrogen) atoms. The molecule has 1 saturated heterocycles. The number of benzene rings is 1. The number of carbonyl (C=O) groups is 2. The molecule has 5 nitrogen and oxygen atoms in total. The third-order valence-electron chi connectivity index (χ3n) is 3.96. The van der Waals surface area contributed by atoms with Crippen LogP contribution in [-0.2, 0) is 20.3 Å². The molecule has 0 bridgehead atoms. The van der Waals surface area contributed by atoms with Gasteiger partial charge in [-0.25, -0.2) is 8.42 Å². The quantitative estimate of drug-likeness (QED) is 0.793. The van der Waals surface area contributed by atoms with Crippen LogP contribution in [0.5, 0.6) is 0 Å². The van der Waals surface area contributed by atoms with E-state index in [4.69, 9.17) is 10.7 Å². The van der Waals surface area contributed by atoms with Gasteiger partial charge < -0.3 is 4.90 Å². The Hall–Kier alpha value is -1.40. The van der Waals surface area contributed by atoms with E-state index in [9.17, 15) is 18.0 Å². The van der Waals surface area contributed by atoms with E-state index in [-0.39, 0.29) is 29.8 Å². The van der Waals surface area contributed by atoms with Crippen LogP contribution in [0.1, 0.15) is 28.8 Å². The Morgan fingerprint density at radius 2 is 2.00 bits per heavy atom. The lowest BCUT2D eigenvalue weighted by Gasteiger charge is -2.17. The molecule has 1 aromatic carbocycles. The van der Waals surface area contributed by atoms with Crippen molar-refractivity contribution in [2.24, 2.45) is 5.92 Å². The van der Waals surface area contributed by atoms with Crippen molar-refractivity contribution in [3.05, 3.63) is 29.3 Å². The maximum absolute atomic E-state index is 12.1. The van der Waals surface area contributed by atoms with Crippen LogP contribution in [0.3, 0.4) is 0 Å². The predicted octanol–water partition coefficient (Wildman–Crippen LogP) is 1.74. The van der Waals surface area contributed by atoms with Crippen molar-refractivity contribution in [3.63, 3.8) is 0 Å². The lowest BCUT2D eigenvalue weighted by Crippen LogP contribution is -2.25. The third-order valence-corrected chi connectivity index (χ3v) is 5.21. The average Bonchev–Trinajstić information content (AvgIpc) is 2.91. The van der Waals surface area contributed by atoms with E-state index in [1.54, 1.807) is 17.0 Å². The molecular weight excluding hydrogens is 314 g/mol. The fourth-order valence-electron chi connectivity index (χ4n) is 3.03. The minimum absolute atomic E-state index is 0.107. The Morgan fingerprint density at radius 1 is 1.24 bits per heavy atom. The summed E-state index contributed by atoms with van der Waals surface area (Å²) in [5.41, 5.74) is 2.41. The van der Waals surface area contributed by atoms with E-state index in [0.29, 0.717) is 19.4 Å². The molecule has 1 aliphatic carbocycles. The summed E-state index contributed by atoms with van der Waals surface area (Å²) in [5.74, 6) is -0.449. The third kappa shape index (κ3) is 2.96. The summed E-state index contributed by atoms with van der Waals surface area (Å²) in [6, 6.07) is 5.35. The standard InChI is InChI=1S/C14H14ClNO4S/c15-21(19,20)8-9-5-14(18)16(7-9)11-2-3-12-10(6-11)1-4-13(12)17/h2-3,6,9H,1,4-5,7-8H2.